The average molecular weight is 319 g/mol. The van der Waals surface area contributed by atoms with Gasteiger partial charge in [0, 0.05) is 12.0 Å². The van der Waals surface area contributed by atoms with Crippen LogP contribution in [0.1, 0.15) is 23.7 Å². The second-order valence-electron chi connectivity index (χ2n) is 5.31. The van der Waals surface area contributed by atoms with E-state index in [1.165, 1.54) is 18.5 Å². The molecule has 120 valence electrons. The highest BCUT2D eigenvalue weighted by atomic mass is 19.2. The Bertz CT molecular complexity index is 716. The van der Waals surface area contributed by atoms with Crippen molar-refractivity contribution in [2.75, 3.05) is 6.54 Å². The summed E-state index contributed by atoms with van der Waals surface area (Å²) < 4.78 is 31.1. The number of hydrogen-bond donors (Lipinski definition) is 2. The Kier molecular flexibility index (Phi) is 4.47. The molecule has 1 amide bonds. The Labute approximate surface area is 131 Å². The van der Waals surface area contributed by atoms with E-state index in [9.17, 15) is 13.6 Å². The number of rotatable bonds is 6. The molecule has 1 fully saturated rings. The van der Waals surface area contributed by atoms with Gasteiger partial charge in [0.1, 0.15) is 5.76 Å². The Balaban J connectivity index is 1.41. The minimum absolute atomic E-state index is 0.0830. The lowest BCUT2D eigenvalue weighted by atomic mass is 10.1. The zero-order valence-corrected chi connectivity index (χ0v) is 12.1. The molecule has 1 aromatic carbocycles. The van der Waals surface area contributed by atoms with Crippen LogP contribution in [0, 0.1) is 11.6 Å². The van der Waals surface area contributed by atoms with Gasteiger partial charge in [0.15, 0.2) is 11.6 Å². The van der Waals surface area contributed by atoms with Gasteiger partial charge < -0.3 is 9.73 Å². The van der Waals surface area contributed by atoms with E-state index in [0.717, 1.165) is 18.1 Å². The second kappa shape index (κ2) is 6.70. The Morgan fingerprint density at radius 1 is 1.35 bits per heavy atom. The molecular weight excluding hydrogens is 304 g/mol. The van der Waals surface area contributed by atoms with E-state index in [-0.39, 0.29) is 24.4 Å². The van der Waals surface area contributed by atoms with E-state index in [2.05, 4.69) is 15.8 Å². The summed E-state index contributed by atoms with van der Waals surface area (Å²) in [6.45, 7) is 0.0976. The molecule has 2 atom stereocenters. The Hall–Kier alpha value is -2.54. The van der Waals surface area contributed by atoms with Crippen molar-refractivity contribution < 1.29 is 18.0 Å². The maximum Gasteiger partial charge on any atom is 0.254 e. The first-order chi connectivity index (χ1) is 11.1. The minimum atomic E-state index is -0.854. The van der Waals surface area contributed by atoms with Crippen LogP contribution < -0.4 is 10.7 Å². The molecule has 23 heavy (non-hydrogen) atoms. The number of hydrogen-bond acceptors (Lipinski definition) is 4. The van der Waals surface area contributed by atoms with Crippen LogP contribution in [-0.4, -0.2) is 24.7 Å². The molecule has 3 rings (SSSR count). The van der Waals surface area contributed by atoms with Crippen molar-refractivity contribution in [3.8, 4) is 0 Å². The van der Waals surface area contributed by atoms with Crippen molar-refractivity contribution in [2.24, 2.45) is 5.10 Å². The van der Waals surface area contributed by atoms with Crippen LogP contribution in [0.15, 0.2) is 46.1 Å². The monoisotopic (exact) mass is 319 g/mol. The van der Waals surface area contributed by atoms with Gasteiger partial charge in [-0.15, -0.1) is 0 Å². The predicted molar refractivity (Wildman–Crippen MR) is 80.0 cm³/mol. The third kappa shape index (κ3) is 4.01. The summed E-state index contributed by atoms with van der Waals surface area (Å²) in [5, 5.41) is 6.82. The van der Waals surface area contributed by atoms with E-state index in [1.54, 1.807) is 18.2 Å². The van der Waals surface area contributed by atoms with Crippen LogP contribution in [0.5, 0.6) is 0 Å². The summed E-state index contributed by atoms with van der Waals surface area (Å²) in [7, 11) is 0. The average Bonchev–Trinajstić information content (AvgIpc) is 3.13. The third-order valence-electron chi connectivity index (χ3n) is 3.61. The molecule has 0 aliphatic heterocycles. The lowest BCUT2D eigenvalue weighted by Gasteiger charge is -2.04. The molecule has 0 spiro atoms. The number of amides is 1. The standard InChI is InChI=1S/C16H15F2N3O2/c17-13-4-3-10(6-14(13)18)12-7-15(12)19-9-16(22)21-20-8-11-2-1-5-23-11/h1-6,8,12,15,19H,7,9H2,(H,21,22)/b20-8+/t12-,15+/m0/s1. The fraction of sp³-hybridized carbons (Fsp3) is 0.250. The summed E-state index contributed by atoms with van der Waals surface area (Å²) in [5.41, 5.74) is 3.11. The molecule has 0 radical (unpaired) electrons. The van der Waals surface area contributed by atoms with Gasteiger partial charge in [-0.05, 0) is 36.2 Å². The molecule has 0 bridgehead atoms. The summed E-state index contributed by atoms with van der Waals surface area (Å²) in [6, 6.07) is 7.41. The smallest absolute Gasteiger partial charge is 0.254 e. The highest BCUT2D eigenvalue weighted by molar-refractivity contribution is 5.81. The van der Waals surface area contributed by atoms with E-state index in [1.807, 2.05) is 0 Å². The maximum absolute atomic E-state index is 13.2. The predicted octanol–water partition coefficient (Wildman–Crippen LogP) is 2.15. The molecule has 1 aliphatic carbocycles. The molecule has 2 aromatic rings. The lowest BCUT2D eigenvalue weighted by molar-refractivity contribution is -0.120. The molecule has 0 unspecified atom stereocenters. The van der Waals surface area contributed by atoms with Crippen LogP contribution in [0.4, 0.5) is 8.78 Å². The number of furan rings is 1. The fourth-order valence-electron chi connectivity index (χ4n) is 2.33. The van der Waals surface area contributed by atoms with Crippen LogP contribution in [0.25, 0.3) is 0 Å². The first-order valence-corrected chi connectivity index (χ1v) is 7.17. The van der Waals surface area contributed by atoms with E-state index in [4.69, 9.17) is 4.42 Å². The molecule has 1 heterocycles. The van der Waals surface area contributed by atoms with Crippen molar-refractivity contribution in [1.29, 1.82) is 0 Å². The molecule has 7 heteroatoms. The van der Waals surface area contributed by atoms with Crippen LogP contribution in [0.3, 0.4) is 0 Å². The number of hydrazone groups is 1. The fourth-order valence-corrected chi connectivity index (χ4v) is 2.33. The largest absolute Gasteiger partial charge is 0.463 e. The minimum Gasteiger partial charge on any atom is -0.463 e. The van der Waals surface area contributed by atoms with E-state index >= 15 is 0 Å². The van der Waals surface area contributed by atoms with Gasteiger partial charge >= 0.3 is 0 Å². The quantitative estimate of drug-likeness (QED) is 0.633. The van der Waals surface area contributed by atoms with Crippen LogP contribution >= 0.6 is 0 Å². The summed E-state index contributed by atoms with van der Waals surface area (Å²) in [5.74, 6) is -1.35. The van der Waals surface area contributed by atoms with Gasteiger partial charge in [-0.3, -0.25) is 4.79 Å². The van der Waals surface area contributed by atoms with Gasteiger partial charge in [0.2, 0.25) is 0 Å². The van der Waals surface area contributed by atoms with Gasteiger partial charge in [0.05, 0.1) is 19.0 Å². The maximum atomic E-state index is 13.2. The van der Waals surface area contributed by atoms with Gasteiger partial charge in [-0.1, -0.05) is 6.07 Å². The number of nitrogens with one attached hydrogen (secondary N) is 2. The topological polar surface area (TPSA) is 66.6 Å². The zero-order chi connectivity index (χ0) is 16.2. The first-order valence-electron chi connectivity index (χ1n) is 7.17. The summed E-state index contributed by atoms with van der Waals surface area (Å²) >= 11 is 0. The molecule has 5 nitrogen and oxygen atoms in total. The third-order valence-corrected chi connectivity index (χ3v) is 3.61. The van der Waals surface area contributed by atoms with Crippen molar-refractivity contribution in [3.63, 3.8) is 0 Å². The van der Waals surface area contributed by atoms with Gasteiger partial charge in [-0.25, -0.2) is 14.2 Å². The molecule has 1 aliphatic rings. The number of nitrogens with zero attached hydrogens (tertiary/aromatic N) is 1. The highest BCUT2D eigenvalue weighted by Gasteiger charge is 2.38. The lowest BCUT2D eigenvalue weighted by Crippen LogP contribution is -2.32. The zero-order valence-electron chi connectivity index (χ0n) is 12.1. The Morgan fingerprint density at radius 2 is 2.22 bits per heavy atom. The Morgan fingerprint density at radius 3 is 2.96 bits per heavy atom. The second-order valence-corrected chi connectivity index (χ2v) is 5.31. The van der Waals surface area contributed by atoms with Crippen molar-refractivity contribution >= 4 is 12.1 Å². The van der Waals surface area contributed by atoms with Crippen molar-refractivity contribution in [3.05, 3.63) is 59.6 Å². The summed E-state index contributed by atoms with van der Waals surface area (Å²) in [4.78, 5) is 11.6. The molecule has 1 saturated carbocycles. The van der Waals surface area contributed by atoms with Crippen LogP contribution in [0.2, 0.25) is 0 Å². The van der Waals surface area contributed by atoms with Crippen LogP contribution in [-0.2, 0) is 4.79 Å². The first kappa shape index (κ1) is 15.4. The van der Waals surface area contributed by atoms with E-state index < -0.39 is 11.6 Å². The SMILES string of the molecule is O=C(CN[C@@H]1C[C@H]1c1ccc(F)c(F)c1)N/N=C/c1ccco1. The number of benzene rings is 1. The van der Waals surface area contributed by atoms with E-state index in [0.29, 0.717) is 5.76 Å². The number of halogens is 2. The van der Waals surface area contributed by atoms with Crippen molar-refractivity contribution in [2.45, 2.75) is 18.4 Å². The number of carbonyl (C=O) groups excluding carboxylic acids is 1. The normalized spacial score (nSPS) is 19.9. The summed E-state index contributed by atoms with van der Waals surface area (Å²) in [6.07, 6.45) is 3.70. The van der Waals surface area contributed by atoms with Crippen molar-refractivity contribution in [1.82, 2.24) is 10.7 Å². The van der Waals surface area contributed by atoms with Gasteiger partial charge in [-0.2, -0.15) is 5.10 Å². The molecule has 0 saturated heterocycles. The molecule has 2 N–H and O–H groups in total. The molecule has 1 aromatic heterocycles. The van der Waals surface area contributed by atoms with Gasteiger partial charge in [0.25, 0.3) is 5.91 Å². The highest BCUT2D eigenvalue weighted by Crippen LogP contribution is 2.40. The number of carbonyl (C=O) groups is 1. The molecular formula is C16H15F2N3O2.